The number of carbonyl (C=O) groups excluding carboxylic acids is 1. The Kier molecular flexibility index (Phi) is 6.96. The van der Waals surface area contributed by atoms with Gasteiger partial charge in [-0.3, -0.25) is 14.9 Å². The molecule has 7 nitrogen and oxygen atoms in total. The van der Waals surface area contributed by atoms with E-state index in [9.17, 15) is 19.3 Å². The summed E-state index contributed by atoms with van der Waals surface area (Å²) in [4.78, 5) is 29.3. The van der Waals surface area contributed by atoms with Crippen molar-refractivity contribution in [2.24, 2.45) is 4.99 Å². The zero-order valence-electron chi connectivity index (χ0n) is 17.4. The average Bonchev–Trinajstić information content (AvgIpc) is 3.10. The largest absolute Gasteiger partial charge is 0.490 e. The number of aromatic nitrogens is 1. The van der Waals surface area contributed by atoms with E-state index in [2.05, 4.69) is 11.9 Å². The van der Waals surface area contributed by atoms with Crippen molar-refractivity contribution in [1.29, 1.82) is 0 Å². The van der Waals surface area contributed by atoms with Crippen molar-refractivity contribution in [3.8, 4) is 17.0 Å². The van der Waals surface area contributed by atoms with E-state index < -0.39 is 10.8 Å². The zero-order valence-corrected chi connectivity index (χ0v) is 18.2. The molecule has 1 heterocycles. The standard InChI is InChI=1S/C22H22FN3O4S/c1-4-6-19-20(14-7-10-16(23)11-8-14)25(5-2)22(31-19)24-21(27)15-9-12-18(30-3)17(13-15)26(28)29/h7-13H,4-6H2,1-3H3. The summed E-state index contributed by atoms with van der Waals surface area (Å²) in [6.07, 6.45) is 1.69. The van der Waals surface area contributed by atoms with Crippen molar-refractivity contribution in [2.75, 3.05) is 7.11 Å². The van der Waals surface area contributed by atoms with Gasteiger partial charge in [-0.05, 0) is 55.3 Å². The number of nitro benzene ring substituents is 1. The second-order valence-electron chi connectivity index (χ2n) is 6.72. The maximum absolute atomic E-state index is 13.4. The van der Waals surface area contributed by atoms with E-state index in [1.54, 1.807) is 12.1 Å². The predicted octanol–water partition coefficient (Wildman–Crippen LogP) is 4.99. The highest BCUT2D eigenvalue weighted by Crippen LogP contribution is 2.29. The Bertz CT molecular complexity index is 1180. The first-order valence-electron chi connectivity index (χ1n) is 9.79. The molecular weight excluding hydrogens is 421 g/mol. The van der Waals surface area contributed by atoms with Gasteiger partial charge in [0.05, 0.1) is 17.7 Å². The van der Waals surface area contributed by atoms with Crippen molar-refractivity contribution in [2.45, 2.75) is 33.2 Å². The van der Waals surface area contributed by atoms with Gasteiger partial charge in [0.15, 0.2) is 10.6 Å². The highest BCUT2D eigenvalue weighted by Gasteiger charge is 2.19. The molecule has 0 bridgehead atoms. The van der Waals surface area contributed by atoms with Crippen LogP contribution in [-0.4, -0.2) is 22.5 Å². The molecule has 0 aliphatic rings. The zero-order chi connectivity index (χ0) is 22.5. The number of halogens is 1. The SMILES string of the molecule is CCCc1sc(=NC(=O)c2ccc(OC)c([N+](=O)[O-])c2)n(CC)c1-c1ccc(F)cc1. The van der Waals surface area contributed by atoms with Crippen LogP contribution in [0.4, 0.5) is 10.1 Å². The van der Waals surface area contributed by atoms with Gasteiger partial charge in [-0.15, -0.1) is 11.3 Å². The molecule has 3 rings (SSSR count). The molecule has 0 unspecified atom stereocenters. The molecule has 0 atom stereocenters. The van der Waals surface area contributed by atoms with E-state index in [-0.39, 0.29) is 22.8 Å². The molecule has 31 heavy (non-hydrogen) atoms. The maximum Gasteiger partial charge on any atom is 0.311 e. The molecule has 1 aromatic heterocycles. The van der Waals surface area contributed by atoms with Crippen LogP contribution in [0.1, 0.15) is 35.5 Å². The van der Waals surface area contributed by atoms with Crippen molar-refractivity contribution < 1.29 is 18.8 Å². The van der Waals surface area contributed by atoms with Gasteiger partial charge in [0, 0.05) is 23.1 Å². The minimum absolute atomic E-state index is 0.0742. The normalized spacial score (nSPS) is 11.5. The highest BCUT2D eigenvalue weighted by atomic mass is 32.1. The Labute approximate surface area is 182 Å². The first kappa shape index (κ1) is 22.4. The van der Waals surface area contributed by atoms with Crippen LogP contribution in [0.3, 0.4) is 0 Å². The minimum Gasteiger partial charge on any atom is -0.490 e. The van der Waals surface area contributed by atoms with E-state index in [1.807, 2.05) is 11.5 Å². The number of nitro groups is 1. The van der Waals surface area contributed by atoms with Gasteiger partial charge in [-0.2, -0.15) is 4.99 Å². The van der Waals surface area contributed by atoms with E-state index in [0.29, 0.717) is 11.3 Å². The Morgan fingerprint density at radius 1 is 1.23 bits per heavy atom. The molecule has 0 radical (unpaired) electrons. The second-order valence-corrected chi connectivity index (χ2v) is 7.78. The van der Waals surface area contributed by atoms with Gasteiger partial charge in [0.25, 0.3) is 5.91 Å². The summed E-state index contributed by atoms with van der Waals surface area (Å²) >= 11 is 1.40. The highest BCUT2D eigenvalue weighted by molar-refractivity contribution is 7.09. The molecule has 3 aromatic rings. The number of carbonyl (C=O) groups is 1. The molecule has 162 valence electrons. The summed E-state index contributed by atoms with van der Waals surface area (Å²) in [7, 11) is 1.33. The summed E-state index contributed by atoms with van der Waals surface area (Å²) in [5.74, 6) is -0.826. The van der Waals surface area contributed by atoms with Crippen LogP contribution in [0.25, 0.3) is 11.3 Å². The van der Waals surface area contributed by atoms with Crippen molar-refractivity contribution >= 4 is 22.9 Å². The number of thiazole rings is 1. The summed E-state index contributed by atoms with van der Waals surface area (Å²) in [5.41, 5.74) is 1.55. The Hall–Kier alpha value is -3.33. The topological polar surface area (TPSA) is 86.7 Å². The van der Waals surface area contributed by atoms with Crippen LogP contribution in [-0.2, 0) is 13.0 Å². The fourth-order valence-electron chi connectivity index (χ4n) is 3.27. The van der Waals surface area contributed by atoms with Crippen LogP contribution >= 0.6 is 11.3 Å². The Morgan fingerprint density at radius 2 is 1.94 bits per heavy atom. The number of rotatable bonds is 7. The van der Waals surface area contributed by atoms with Gasteiger partial charge >= 0.3 is 5.69 Å². The van der Waals surface area contributed by atoms with Crippen LogP contribution in [0.2, 0.25) is 0 Å². The fourth-order valence-corrected chi connectivity index (χ4v) is 4.58. The smallest absolute Gasteiger partial charge is 0.311 e. The van der Waals surface area contributed by atoms with Gasteiger partial charge in [-0.25, -0.2) is 4.39 Å². The molecule has 0 aliphatic heterocycles. The minimum atomic E-state index is -0.598. The van der Waals surface area contributed by atoms with E-state index >= 15 is 0 Å². The van der Waals surface area contributed by atoms with Gasteiger partial charge < -0.3 is 9.30 Å². The molecule has 0 aliphatic carbocycles. The number of ether oxygens (including phenoxy) is 1. The molecule has 0 fully saturated rings. The first-order valence-corrected chi connectivity index (χ1v) is 10.6. The monoisotopic (exact) mass is 443 g/mol. The van der Waals surface area contributed by atoms with Crippen LogP contribution < -0.4 is 9.54 Å². The number of hydrogen-bond acceptors (Lipinski definition) is 5. The average molecular weight is 444 g/mol. The molecule has 1 amide bonds. The molecule has 0 N–H and O–H groups in total. The lowest BCUT2D eigenvalue weighted by molar-refractivity contribution is -0.385. The first-order chi connectivity index (χ1) is 14.9. The summed E-state index contributed by atoms with van der Waals surface area (Å²) in [5, 5.41) is 11.3. The predicted molar refractivity (Wildman–Crippen MR) is 117 cm³/mol. The fraction of sp³-hybridized carbons (Fsp3) is 0.273. The van der Waals surface area contributed by atoms with Gasteiger partial charge in [0.2, 0.25) is 0 Å². The van der Waals surface area contributed by atoms with Gasteiger partial charge in [0.1, 0.15) is 5.82 Å². The third-order valence-electron chi connectivity index (χ3n) is 4.71. The molecule has 9 heteroatoms. The third kappa shape index (κ3) is 4.72. The van der Waals surface area contributed by atoms with Crippen molar-refractivity contribution in [3.63, 3.8) is 0 Å². The summed E-state index contributed by atoms with van der Waals surface area (Å²) in [6, 6.07) is 10.2. The molecule has 0 saturated carbocycles. The van der Waals surface area contributed by atoms with Crippen molar-refractivity contribution in [3.05, 3.63) is 73.6 Å². The quantitative estimate of drug-likeness (QED) is 0.380. The maximum atomic E-state index is 13.4. The number of benzene rings is 2. The Morgan fingerprint density at radius 3 is 2.52 bits per heavy atom. The lowest BCUT2D eigenvalue weighted by atomic mass is 10.1. The number of hydrogen-bond donors (Lipinski definition) is 0. The summed E-state index contributed by atoms with van der Waals surface area (Å²) < 4.78 is 20.3. The number of amides is 1. The van der Waals surface area contributed by atoms with E-state index in [4.69, 9.17) is 4.74 Å². The van der Waals surface area contributed by atoms with E-state index in [0.717, 1.165) is 29.0 Å². The molecule has 0 spiro atoms. The lowest BCUT2D eigenvalue weighted by Crippen LogP contribution is -2.17. The Balaban J connectivity index is 2.13. The molecular formula is C22H22FN3O4S. The lowest BCUT2D eigenvalue weighted by Gasteiger charge is -2.09. The van der Waals surface area contributed by atoms with Crippen LogP contribution in [0.15, 0.2) is 47.5 Å². The third-order valence-corrected chi connectivity index (χ3v) is 5.85. The van der Waals surface area contributed by atoms with Crippen LogP contribution in [0.5, 0.6) is 5.75 Å². The molecule has 0 saturated heterocycles. The van der Waals surface area contributed by atoms with Gasteiger partial charge in [-0.1, -0.05) is 13.3 Å². The number of nitrogens with zero attached hydrogens (tertiary/aromatic N) is 3. The number of methoxy groups -OCH3 is 1. The summed E-state index contributed by atoms with van der Waals surface area (Å²) in [6.45, 7) is 4.56. The molecule has 2 aromatic carbocycles. The van der Waals surface area contributed by atoms with Crippen LogP contribution in [0, 0.1) is 15.9 Å². The second kappa shape index (κ2) is 9.65. The van der Waals surface area contributed by atoms with Crippen molar-refractivity contribution in [1.82, 2.24) is 4.57 Å². The number of aryl methyl sites for hydroxylation is 1. The van der Waals surface area contributed by atoms with E-state index in [1.165, 1.54) is 48.8 Å².